The van der Waals surface area contributed by atoms with E-state index >= 15 is 0 Å². The highest BCUT2D eigenvalue weighted by Gasteiger charge is 2.36. The van der Waals surface area contributed by atoms with Crippen molar-refractivity contribution >= 4 is 11.8 Å². The summed E-state index contributed by atoms with van der Waals surface area (Å²) in [5.41, 5.74) is 5.10. The van der Waals surface area contributed by atoms with Crippen LogP contribution in [-0.4, -0.2) is 47.8 Å². The first-order chi connectivity index (χ1) is 16.4. The fourth-order valence-corrected chi connectivity index (χ4v) is 5.49. The third-order valence-corrected chi connectivity index (χ3v) is 8.17. The Kier molecular flexibility index (Phi) is 8.07. The minimum Gasteiger partial charge on any atom is -0.343 e. The molecular weight excluding hydrogens is 420 g/mol. The third-order valence-electron chi connectivity index (χ3n) is 8.17. The average Bonchev–Trinajstić information content (AvgIpc) is 2.81. The van der Waals surface area contributed by atoms with Crippen molar-refractivity contribution in [2.45, 2.75) is 71.3 Å². The van der Waals surface area contributed by atoms with Crippen LogP contribution in [0.5, 0.6) is 0 Å². The molecule has 2 aromatic carbocycles. The Morgan fingerprint density at radius 1 is 0.971 bits per heavy atom. The number of likely N-dealkylation sites (N-methyl/N-ethyl adjacent to an activating group) is 1. The Labute approximate surface area is 205 Å². The van der Waals surface area contributed by atoms with Gasteiger partial charge in [-0.15, -0.1) is 0 Å². The fourth-order valence-electron chi connectivity index (χ4n) is 5.49. The van der Waals surface area contributed by atoms with Gasteiger partial charge in [0.2, 0.25) is 11.8 Å². The molecule has 0 aromatic heterocycles. The summed E-state index contributed by atoms with van der Waals surface area (Å²) >= 11 is 0. The first kappa shape index (κ1) is 24.5. The van der Waals surface area contributed by atoms with Crippen LogP contribution in [0.2, 0.25) is 0 Å². The minimum absolute atomic E-state index is 0.194. The number of aryl methyl sites for hydroxylation is 3. The van der Waals surface area contributed by atoms with E-state index in [1.54, 1.807) is 0 Å². The van der Waals surface area contributed by atoms with Crippen molar-refractivity contribution in [3.05, 3.63) is 70.8 Å². The number of carbonyl (C=O) groups excluding carboxylic acids is 2. The topological polar surface area (TPSA) is 40.6 Å². The lowest BCUT2D eigenvalue weighted by atomic mass is 9.81. The predicted molar refractivity (Wildman–Crippen MR) is 138 cm³/mol. The number of piperidine rings is 1. The van der Waals surface area contributed by atoms with Crippen LogP contribution in [0.4, 0.5) is 0 Å². The van der Waals surface area contributed by atoms with Crippen LogP contribution in [0.3, 0.4) is 0 Å². The lowest BCUT2D eigenvalue weighted by molar-refractivity contribution is -0.141. The Hall–Kier alpha value is -2.62. The van der Waals surface area contributed by atoms with E-state index in [0.29, 0.717) is 18.2 Å². The SMILES string of the molecule is Cc1ccc(CCC(=O)N2CCC(C(Cc3ccccc3C)N(C)C(=O)C3CCC3)CC2)cc1. The van der Waals surface area contributed by atoms with Gasteiger partial charge in [0.1, 0.15) is 0 Å². The van der Waals surface area contributed by atoms with Crippen molar-refractivity contribution in [1.82, 2.24) is 9.80 Å². The highest BCUT2D eigenvalue weighted by Crippen LogP contribution is 2.32. The quantitative estimate of drug-likeness (QED) is 0.533. The summed E-state index contributed by atoms with van der Waals surface area (Å²) < 4.78 is 0. The van der Waals surface area contributed by atoms with E-state index in [4.69, 9.17) is 0 Å². The molecule has 1 saturated carbocycles. The molecule has 1 heterocycles. The zero-order valence-corrected chi connectivity index (χ0v) is 21.1. The van der Waals surface area contributed by atoms with Crippen LogP contribution in [0.25, 0.3) is 0 Å². The van der Waals surface area contributed by atoms with Crippen LogP contribution in [0, 0.1) is 25.7 Å². The number of likely N-dealkylation sites (tertiary alicyclic amines) is 1. The molecule has 0 N–H and O–H groups in total. The van der Waals surface area contributed by atoms with E-state index in [0.717, 1.165) is 51.6 Å². The molecule has 0 radical (unpaired) electrons. The predicted octanol–water partition coefficient (Wildman–Crippen LogP) is 5.34. The molecule has 4 rings (SSSR count). The molecule has 1 atom stereocenters. The number of hydrogen-bond acceptors (Lipinski definition) is 2. The largest absolute Gasteiger partial charge is 0.343 e. The summed E-state index contributed by atoms with van der Waals surface area (Å²) in [5.74, 6) is 1.22. The van der Waals surface area contributed by atoms with Crippen molar-refractivity contribution in [3.63, 3.8) is 0 Å². The number of nitrogens with zero attached hydrogens (tertiary/aromatic N) is 2. The van der Waals surface area contributed by atoms with Gasteiger partial charge in [0.25, 0.3) is 0 Å². The van der Waals surface area contributed by atoms with E-state index in [-0.39, 0.29) is 17.9 Å². The number of hydrogen-bond donors (Lipinski definition) is 0. The Balaban J connectivity index is 1.37. The van der Waals surface area contributed by atoms with E-state index in [1.807, 2.05) is 11.9 Å². The standard InChI is InChI=1S/C30H40N2O2/c1-22-11-13-24(14-12-22)15-16-29(33)32-19-17-25(18-20-32)28(21-27-8-5-4-7-23(27)2)31(3)30(34)26-9-6-10-26/h4-5,7-8,11-14,25-26,28H,6,9-10,15-21H2,1-3H3. The molecule has 1 unspecified atom stereocenters. The Morgan fingerprint density at radius 2 is 1.65 bits per heavy atom. The van der Waals surface area contributed by atoms with Gasteiger partial charge < -0.3 is 9.80 Å². The minimum atomic E-state index is 0.194. The number of carbonyl (C=O) groups is 2. The Morgan fingerprint density at radius 3 is 2.26 bits per heavy atom. The summed E-state index contributed by atoms with van der Waals surface area (Å²) in [6, 6.07) is 17.2. The zero-order chi connectivity index (χ0) is 24.1. The molecule has 1 aliphatic carbocycles. The number of amides is 2. The molecule has 34 heavy (non-hydrogen) atoms. The van der Waals surface area contributed by atoms with E-state index in [1.165, 1.54) is 28.7 Å². The molecule has 2 amide bonds. The van der Waals surface area contributed by atoms with Gasteiger partial charge in [-0.3, -0.25) is 9.59 Å². The molecule has 182 valence electrons. The molecule has 4 nitrogen and oxygen atoms in total. The Bertz CT molecular complexity index is 972. The number of benzene rings is 2. The summed E-state index contributed by atoms with van der Waals surface area (Å²) in [5, 5.41) is 0. The molecule has 1 aliphatic heterocycles. The molecule has 1 saturated heterocycles. The van der Waals surface area contributed by atoms with Crippen molar-refractivity contribution in [2.24, 2.45) is 11.8 Å². The highest BCUT2D eigenvalue weighted by molar-refractivity contribution is 5.79. The molecular formula is C30H40N2O2. The molecule has 2 aliphatic rings. The first-order valence-corrected chi connectivity index (χ1v) is 13.1. The lowest BCUT2D eigenvalue weighted by Crippen LogP contribution is -2.50. The van der Waals surface area contributed by atoms with E-state index < -0.39 is 0 Å². The molecule has 0 spiro atoms. The van der Waals surface area contributed by atoms with Crippen LogP contribution in [-0.2, 0) is 22.4 Å². The van der Waals surface area contributed by atoms with Gasteiger partial charge in [-0.1, -0.05) is 60.5 Å². The second-order valence-corrected chi connectivity index (χ2v) is 10.5. The molecule has 2 fully saturated rings. The van der Waals surface area contributed by atoms with Crippen molar-refractivity contribution in [1.29, 1.82) is 0 Å². The molecule has 0 bridgehead atoms. The van der Waals surface area contributed by atoms with Crippen LogP contribution >= 0.6 is 0 Å². The maximum Gasteiger partial charge on any atom is 0.225 e. The summed E-state index contributed by atoms with van der Waals surface area (Å²) in [6.45, 7) is 5.85. The van der Waals surface area contributed by atoms with Gasteiger partial charge in [0, 0.05) is 38.5 Å². The van der Waals surface area contributed by atoms with Gasteiger partial charge >= 0.3 is 0 Å². The van der Waals surface area contributed by atoms with Gasteiger partial charge in [-0.05, 0) is 75.0 Å². The van der Waals surface area contributed by atoms with Gasteiger partial charge in [0.05, 0.1) is 0 Å². The van der Waals surface area contributed by atoms with Gasteiger partial charge in [-0.2, -0.15) is 0 Å². The summed E-state index contributed by atoms with van der Waals surface area (Å²) in [7, 11) is 2.02. The fraction of sp³-hybridized carbons (Fsp3) is 0.533. The number of rotatable bonds is 8. The second-order valence-electron chi connectivity index (χ2n) is 10.5. The van der Waals surface area contributed by atoms with Crippen molar-refractivity contribution in [3.8, 4) is 0 Å². The summed E-state index contributed by atoms with van der Waals surface area (Å²) in [4.78, 5) is 30.2. The van der Waals surface area contributed by atoms with Gasteiger partial charge in [0.15, 0.2) is 0 Å². The van der Waals surface area contributed by atoms with Crippen LogP contribution < -0.4 is 0 Å². The van der Waals surface area contributed by atoms with Crippen molar-refractivity contribution < 1.29 is 9.59 Å². The zero-order valence-electron chi connectivity index (χ0n) is 21.1. The second kappa shape index (κ2) is 11.2. The maximum absolute atomic E-state index is 13.2. The summed E-state index contributed by atoms with van der Waals surface area (Å²) in [6.07, 6.45) is 7.45. The third kappa shape index (κ3) is 5.89. The molecule has 2 aromatic rings. The average molecular weight is 461 g/mol. The molecule has 4 heteroatoms. The van der Waals surface area contributed by atoms with Gasteiger partial charge in [-0.25, -0.2) is 0 Å². The maximum atomic E-state index is 13.2. The van der Waals surface area contributed by atoms with Crippen molar-refractivity contribution in [2.75, 3.05) is 20.1 Å². The smallest absolute Gasteiger partial charge is 0.225 e. The van der Waals surface area contributed by atoms with Crippen LogP contribution in [0.1, 0.15) is 60.8 Å². The lowest BCUT2D eigenvalue weighted by Gasteiger charge is -2.42. The first-order valence-electron chi connectivity index (χ1n) is 13.1. The van der Waals surface area contributed by atoms with E-state index in [2.05, 4.69) is 67.3 Å². The normalized spacial score (nSPS) is 17.8. The van der Waals surface area contributed by atoms with E-state index in [9.17, 15) is 9.59 Å². The van der Waals surface area contributed by atoms with Crippen LogP contribution in [0.15, 0.2) is 48.5 Å². The monoisotopic (exact) mass is 460 g/mol. The highest BCUT2D eigenvalue weighted by atomic mass is 16.2.